The molecule has 0 saturated carbocycles. The Labute approximate surface area is 155 Å². The molecule has 0 saturated heterocycles. The number of guanidine groups is 1. The number of hydrogen-bond donors (Lipinski definition) is 3. The van der Waals surface area contributed by atoms with E-state index in [0.29, 0.717) is 31.2 Å². The van der Waals surface area contributed by atoms with Crippen LogP contribution in [0.4, 0.5) is 9.18 Å². The molecule has 1 rings (SSSR count). The number of nitrogens with zero attached hydrogens (tertiary/aromatic N) is 1. The average molecular weight is 366 g/mol. The van der Waals surface area contributed by atoms with Gasteiger partial charge in [-0.1, -0.05) is 12.1 Å². The normalized spacial score (nSPS) is 11.8. The number of carbonyl (C=O) groups is 1. The SMILES string of the molecule is CCNC(=NCc1ccc(F)c(C)c1)NCCCNC(=O)OC(C)(C)C. The molecular formula is C19H31FN4O2. The zero-order valence-electron chi connectivity index (χ0n) is 16.4. The van der Waals surface area contributed by atoms with E-state index in [0.717, 1.165) is 18.5 Å². The molecular weight excluding hydrogens is 335 g/mol. The number of hydrogen-bond acceptors (Lipinski definition) is 3. The molecule has 3 N–H and O–H groups in total. The Kier molecular flexibility index (Phi) is 8.88. The second-order valence-corrected chi connectivity index (χ2v) is 6.99. The summed E-state index contributed by atoms with van der Waals surface area (Å²) in [6, 6.07) is 5.00. The van der Waals surface area contributed by atoms with Crippen molar-refractivity contribution in [1.82, 2.24) is 16.0 Å². The van der Waals surface area contributed by atoms with E-state index in [1.54, 1.807) is 19.1 Å². The van der Waals surface area contributed by atoms with Gasteiger partial charge in [0, 0.05) is 19.6 Å². The van der Waals surface area contributed by atoms with Crippen molar-refractivity contribution in [3.8, 4) is 0 Å². The van der Waals surface area contributed by atoms with Gasteiger partial charge in [-0.05, 0) is 58.2 Å². The minimum atomic E-state index is -0.494. The Hall–Kier alpha value is -2.31. The van der Waals surface area contributed by atoms with E-state index in [1.165, 1.54) is 6.07 Å². The van der Waals surface area contributed by atoms with Crippen molar-refractivity contribution in [2.45, 2.75) is 53.2 Å². The maximum atomic E-state index is 13.3. The van der Waals surface area contributed by atoms with Gasteiger partial charge >= 0.3 is 6.09 Å². The maximum Gasteiger partial charge on any atom is 0.407 e. The minimum absolute atomic E-state index is 0.208. The molecule has 6 nitrogen and oxygen atoms in total. The van der Waals surface area contributed by atoms with Crippen molar-refractivity contribution in [3.63, 3.8) is 0 Å². The fraction of sp³-hybridized carbons (Fsp3) is 0.579. The van der Waals surface area contributed by atoms with E-state index in [9.17, 15) is 9.18 Å². The Morgan fingerprint density at radius 1 is 1.19 bits per heavy atom. The highest BCUT2D eigenvalue weighted by Gasteiger charge is 2.15. The van der Waals surface area contributed by atoms with Crippen LogP contribution in [0.5, 0.6) is 0 Å². The molecule has 26 heavy (non-hydrogen) atoms. The average Bonchev–Trinajstić information content (AvgIpc) is 2.53. The van der Waals surface area contributed by atoms with E-state index in [1.807, 2.05) is 27.7 Å². The highest BCUT2D eigenvalue weighted by molar-refractivity contribution is 5.79. The Morgan fingerprint density at radius 2 is 1.88 bits per heavy atom. The van der Waals surface area contributed by atoms with Crippen LogP contribution in [0.25, 0.3) is 0 Å². The molecule has 1 amide bonds. The molecule has 0 aromatic heterocycles. The second-order valence-electron chi connectivity index (χ2n) is 6.99. The number of aryl methyl sites for hydroxylation is 1. The van der Waals surface area contributed by atoms with Gasteiger partial charge in [-0.15, -0.1) is 0 Å². The van der Waals surface area contributed by atoms with Crippen LogP contribution in [-0.2, 0) is 11.3 Å². The maximum absolute atomic E-state index is 13.3. The zero-order valence-corrected chi connectivity index (χ0v) is 16.4. The lowest BCUT2D eigenvalue weighted by Crippen LogP contribution is -2.39. The van der Waals surface area contributed by atoms with Crippen LogP contribution in [0.2, 0.25) is 0 Å². The smallest absolute Gasteiger partial charge is 0.407 e. The lowest BCUT2D eigenvalue weighted by atomic mass is 10.1. The van der Waals surface area contributed by atoms with Gasteiger partial charge in [0.05, 0.1) is 6.54 Å². The first kappa shape index (κ1) is 21.7. The van der Waals surface area contributed by atoms with Crippen LogP contribution in [0.15, 0.2) is 23.2 Å². The lowest BCUT2D eigenvalue weighted by Gasteiger charge is -2.19. The van der Waals surface area contributed by atoms with Gasteiger partial charge in [-0.25, -0.2) is 14.2 Å². The summed E-state index contributed by atoms with van der Waals surface area (Å²) in [6.45, 7) is 11.6. The lowest BCUT2D eigenvalue weighted by molar-refractivity contribution is 0.0527. The van der Waals surface area contributed by atoms with Gasteiger partial charge in [0.1, 0.15) is 11.4 Å². The minimum Gasteiger partial charge on any atom is -0.444 e. The molecule has 0 atom stereocenters. The molecule has 0 aliphatic carbocycles. The van der Waals surface area contributed by atoms with Gasteiger partial charge in [0.25, 0.3) is 0 Å². The number of rotatable bonds is 7. The van der Waals surface area contributed by atoms with E-state index >= 15 is 0 Å². The summed E-state index contributed by atoms with van der Waals surface area (Å²) < 4.78 is 18.5. The van der Waals surface area contributed by atoms with Crippen LogP contribution in [0.3, 0.4) is 0 Å². The van der Waals surface area contributed by atoms with Gasteiger partial charge in [-0.2, -0.15) is 0 Å². The summed E-state index contributed by atoms with van der Waals surface area (Å²) in [7, 11) is 0. The predicted molar refractivity (Wildman–Crippen MR) is 103 cm³/mol. The standard InChI is InChI=1S/C19H31FN4O2/c1-6-21-17(24-13-15-8-9-16(20)14(2)12-15)22-10-7-11-23-18(25)26-19(3,4)5/h8-9,12H,6-7,10-11,13H2,1-5H3,(H,23,25)(H2,21,22,24). The number of carbonyl (C=O) groups excluding carboxylic acids is 1. The summed E-state index contributed by atoms with van der Waals surface area (Å²) in [6.07, 6.45) is 0.323. The van der Waals surface area contributed by atoms with Crippen LogP contribution >= 0.6 is 0 Å². The summed E-state index contributed by atoms with van der Waals surface area (Å²) in [5.74, 6) is 0.479. The molecule has 0 aliphatic rings. The Bertz CT molecular complexity index is 612. The fourth-order valence-electron chi connectivity index (χ4n) is 2.12. The zero-order chi connectivity index (χ0) is 19.6. The third-order valence-corrected chi connectivity index (χ3v) is 3.30. The number of alkyl carbamates (subject to hydrolysis) is 1. The molecule has 0 unspecified atom stereocenters. The molecule has 0 radical (unpaired) electrons. The summed E-state index contributed by atoms with van der Waals surface area (Å²) in [5, 5.41) is 9.09. The van der Waals surface area contributed by atoms with Crippen LogP contribution in [-0.4, -0.2) is 37.3 Å². The van der Waals surface area contributed by atoms with Crippen molar-refractivity contribution in [2.75, 3.05) is 19.6 Å². The summed E-state index contributed by atoms with van der Waals surface area (Å²) >= 11 is 0. The Morgan fingerprint density at radius 3 is 2.50 bits per heavy atom. The Balaban J connectivity index is 2.38. The van der Waals surface area contributed by atoms with E-state index in [-0.39, 0.29) is 5.82 Å². The summed E-state index contributed by atoms with van der Waals surface area (Å²) in [5.41, 5.74) is 1.07. The van der Waals surface area contributed by atoms with Crippen LogP contribution in [0.1, 0.15) is 45.2 Å². The number of aliphatic imine (C=N–C) groups is 1. The van der Waals surface area contributed by atoms with Gasteiger partial charge in [-0.3, -0.25) is 0 Å². The molecule has 0 aliphatic heterocycles. The van der Waals surface area contributed by atoms with E-state index < -0.39 is 11.7 Å². The van der Waals surface area contributed by atoms with Crippen molar-refractivity contribution >= 4 is 12.1 Å². The van der Waals surface area contributed by atoms with Gasteiger partial charge in [0.2, 0.25) is 0 Å². The molecule has 7 heteroatoms. The van der Waals surface area contributed by atoms with E-state index in [4.69, 9.17) is 4.74 Å². The van der Waals surface area contributed by atoms with Crippen molar-refractivity contribution in [3.05, 3.63) is 35.1 Å². The molecule has 1 aromatic carbocycles. The number of benzene rings is 1. The number of ether oxygens (including phenoxy) is 1. The number of halogens is 1. The highest BCUT2D eigenvalue weighted by Crippen LogP contribution is 2.10. The first-order chi connectivity index (χ1) is 12.2. The molecule has 146 valence electrons. The third kappa shape index (κ3) is 9.25. The number of amides is 1. The molecule has 1 aromatic rings. The van der Waals surface area contributed by atoms with Crippen molar-refractivity contribution in [2.24, 2.45) is 4.99 Å². The molecule has 0 fully saturated rings. The third-order valence-electron chi connectivity index (χ3n) is 3.30. The first-order valence-corrected chi connectivity index (χ1v) is 8.95. The predicted octanol–water partition coefficient (Wildman–Crippen LogP) is 3.10. The number of nitrogens with one attached hydrogen (secondary N) is 3. The topological polar surface area (TPSA) is 74.8 Å². The van der Waals surface area contributed by atoms with Crippen LogP contribution in [0, 0.1) is 12.7 Å². The van der Waals surface area contributed by atoms with E-state index in [2.05, 4.69) is 20.9 Å². The highest BCUT2D eigenvalue weighted by atomic mass is 19.1. The largest absolute Gasteiger partial charge is 0.444 e. The van der Waals surface area contributed by atoms with Gasteiger partial charge in [0.15, 0.2) is 5.96 Å². The second kappa shape index (κ2) is 10.6. The molecule has 0 heterocycles. The molecule has 0 spiro atoms. The monoisotopic (exact) mass is 366 g/mol. The quantitative estimate of drug-likeness (QED) is 0.394. The molecule has 0 bridgehead atoms. The van der Waals surface area contributed by atoms with Crippen LogP contribution < -0.4 is 16.0 Å². The fourth-order valence-corrected chi connectivity index (χ4v) is 2.12. The van der Waals surface area contributed by atoms with Crippen molar-refractivity contribution < 1.29 is 13.9 Å². The first-order valence-electron chi connectivity index (χ1n) is 8.95. The van der Waals surface area contributed by atoms with Crippen molar-refractivity contribution in [1.29, 1.82) is 0 Å². The van der Waals surface area contributed by atoms with Gasteiger partial charge < -0.3 is 20.7 Å². The summed E-state index contributed by atoms with van der Waals surface area (Å²) in [4.78, 5) is 16.0.